The van der Waals surface area contributed by atoms with Crippen molar-refractivity contribution in [2.45, 2.75) is 37.8 Å². The monoisotopic (exact) mass is 201 g/mol. The molecule has 1 saturated heterocycles. The molecule has 1 rings (SSSR count). The van der Waals surface area contributed by atoms with Crippen molar-refractivity contribution in [2.24, 2.45) is 0 Å². The lowest BCUT2D eigenvalue weighted by Crippen LogP contribution is -2.56. The molecule has 14 heavy (non-hydrogen) atoms. The highest BCUT2D eigenvalue weighted by Crippen LogP contribution is 2.39. The Morgan fingerprint density at radius 2 is 1.36 bits per heavy atom. The molecule has 2 N–H and O–H groups in total. The largest absolute Gasteiger partial charge is 0.480 e. The molecule has 1 fully saturated rings. The topological polar surface area (TPSA) is 77.8 Å². The van der Waals surface area contributed by atoms with E-state index < -0.39 is 23.0 Å². The Balaban J connectivity index is 3.05. The van der Waals surface area contributed by atoms with Crippen molar-refractivity contribution in [3.63, 3.8) is 0 Å². The van der Waals surface area contributed by atoms with Gasteiger partial charge in [-0.15, -0.1) is 0 Å². The minimum absolute atomic E-state index is 0.363. The zero-order valence-electron chi connectivity index (χ0n) is 8.57. The van der Waals surface area contributed by atoms with Gasteiger partial charge in [0.15, 0.2) is 0 Å². The van der Waals surface area contributed by atoms with Gasteiger partial charge < -0.3 is 10.2 Å². The fourth-order valence-corrected chi connectivity index (χ4v) is 1.87. The molecule has 0 spiro atoms. The summed E-state index contributed by atoms with van der Waals surface area (Å²) in [6.07, 6.45) is 0.725. The van der Waals surface area contributed by atoms with Crippen LogP contribution in [0.25, 0.3) is 0 Å². The number of carbonyl (C=O) groups is 2. The van der Waals surface area contributed by atoms with E-state index in [1.165, 1.54) is 4.90 Å². The van der Waals surface area contributed by atoms with Gasteiger partial charge in [0.2, 0.25) is 0 Å². The van der Waals surface area contributed by atoms with Gasteiger partial charge in [-0.05, 0) is 33.7 Å². The van der Waals surface area contributed by atoms with Crippen molar-refractivity contribution in [1.29, 1.82) is 0 Å². The van der Waals surface area contributed by atoms with Gasteiger partial charge >= 0.3 is 11.9 Å². The Morgan fingerprint density at radius 1 is 1.07 bits per heavy atom. The lowest BCUT2D eigenvalue weighted by molar-refractivity contribution is -0.156. The summed E-state index contributed by atoms with van der Waals surface area (Å²) in [6, 6.07) is 0. The molecule has 0 aliphatic carbocycles. The minimum atomic E-state index is -1.06. The van der Waals surface area contributed by atoms with Gasteiger partial charge in [0.1, 0.15) is 11.1 Å². The molecule has 0 unspecified atom stereocenters. The van der Waals surface area contributed by atoms with Crippen molar-refractivity contribution in [2.75, 3.05) is 7.05 Å². The molecule has 1 aliphatic rings. The summed E-state index contributed by atoms with van der Waals surface area (Å²) in [7, 11) is 1.55. The van der Waals surface area contributed by atoms with Crippen LogP contribution in [0.5, 0.6) is 0 Å². The van der Waals surface area contributed by atoms with E-state index in [2.05, 4.69) is 0 Å². The molecule has 1 heterocycles. The summed E-state index contributed by atoms with van der Waals surface area (Å²) >= 11 is 0. The smallest absolute Gasteiger partial charge is 0.323 e. The third-order valence-electron chi connectivity index (χ3n) is 3.50. The number of carboxylic acids is 2. The first kappa shape index (κ1) is 11.0. The van der Waals surface area contributed by atoms with Crippen LogP contribution in [-0.2, 0) is 9.59 Å². The van der Waals surface area contributed by atoms with Crippen molar-refractivity contribution in [1.82, 2.24) is 4.90 Å². The number of hydrogen-bond donors (Lipinski definition) is 2. The molecule has 0 radical (unpaired) electrons. The first-order valence-electron chi connectivity index (χ1n) is 4.46. The Bertz CT molecular complexity index is 263. The van der Waals surface area contributed by atoms with Gasteiger partial charge in [-0.2, -0.15) is 0 Å². The van der Waals surface area contributed by atoms with Crippen LogP contribution in [-0.4, -0.2) is 45.2 Å². The van der Waals surface area contributed by atoms with Crippen molar-refractivity contribution >= 4 is 11.9 Å². The Kier molecular flexibility index (Phi) is 2.31. The average molecular weight is 201 g/mol. The van der Waals surface area contributed by atoms with E-state index in [0.717, 1.165) is 0 Å². The van der Waals surface area contributed by atoms with E-state index in [0.29, 0.717) is 12.8 Å². The van der Waals surface area contributed by atoms with Crippen LogP contribution in [0.15, 0.2) is 0 Å². The summed E-state index contributed by atoms with van der Waals surface area (Å²) in [5, 5.41) is 18.0. The van der Waals surface area contributed by atoms with Crippen molar-refractivity contribution in [3.8, 4) is 0 Å². The first-order valence-corrected chi connectivity index (χ1v) is 4.46. The molecule has 1 aliphatic heterocycles. The van der Waals surface area contributed by atoms with Gasteiger partial charge in [-0.1, -0.05) is 0 Å². The Hall–Kier alpha value is -1.10. The number of likely N-dealkylation sites (N-methyl/N-ethyl adjacent to an activating group) is 1. The van der Waals surface area contributed by atoms with Crippen LogP contribution in [0.1, 0.15) is 26.7 Å². The van der Waals surface area contributed by atoms with E-state index in [1.54, 1.807) is 20.9 Å². The molecule has 80 valence electrons. The third-order valence-corrected chi connectivity index (χ3v) is 3.50. The standard InChI is InChI=1S/C9H15NO4/c1-8(6(11)12)4-5-9(2,7(13)14)10(8)3/h4-5H2,1-3H3,(H,11,12)(H,13,14)/t8-,9-/m0/s1. The second-order valence-electron chi connectivity index (χ2n) is 4.22. The average Bonchev–Trinajstić information content (AvgIpc) is 2.32. The summed E-state index contributed by atoms with van der Waals surface area (Å²) < 4.78 is 0. The van der Waals surface area contributed by atoms with Gasteiger partial charge in [0.25, 0.3) is 0 Å². The SMILES string of the molecule is CN1[C@](C)(C(=O)O)CC[C@@]1(C)C(=O)O. The first-order chi connectivity index (χ1) is 6.25. The molecule has 5 nitrogen and oxygen atoms in total. The van der Waals surface area contributed by atoms with E-state index in [-0.39, 0.29) is 0 Å². The van der Waals surface area contributed by atoms with E-state index in [1.807, 2.05) is 0 Å². The summed E-state index contributed by atoms with van der Waals surface area (Å²) in [5.74, 6) is -1.94. The van der Waals surface area contributed by atoms with Gasteiger partial charge in [-0.25, -0.2) is 0 Å². The maximum atomic E-state index is 11.0. The molecule has 0 amide bonds. The van der Waals surface area contributed by atoms with E-state index in [4.69, 9.17) is 10.2 Å². The Labute approximate surface area is 82.3 Å². The second-order valence-corrected chi connectivity index (χ2v) is 4.22. The fraction of sp³-hybridized carbons (Fsp3) is 0.778. The van der Waals surface area contributed by atoms with Crippen LogP contribution in [0.2, 0.25) is 0 Å². The summed E-state index contributed by atoms with van der Waals surface area (Å²) in [6.45, 7) is 3.12. The van der Waals surface area contributed by atoms with Crippen LogP contribution >= 0.6 is 0 Å². The second kappa shape index (κ2) is 2.95. The third kappa shape index (κ3) is 1.19. The molecule has 0 aromatic rings. The Morgan fingerprint density at radius 3 is 1.50 bits per heavy atom. The molecular formula is C9H15NO4. The molecule has 0 aromatic heterocycles. The lowest BCUT2D eigenvalue weighted by atomic mass is 9.98. The molecule has 5 heteroatoms. The van der Waals surface area contributed by atoms with E-state index in [9.17, 15) is 9.59 Å². The fourth-order valence-electron chi connectivity index (χ4n) is 1.87. The van der Waals surface area contributed by atoms with Gasteiger partial charge in [0, 0.05) is 0 Å². The predicted molar refractivity (Wildman–Crippen MR) is 49.1 cm³/mol. The van der Waals surface area contributed by atoms with Crippen molar-refractivity contribution in [3.05, 3.63) is 0 Å². The van der Waals surface area contributed by atoms with Gasteiger partial charge in [0.05, 0.1) is 0 Å². The van der Waals surface area contributed by atoms with Crippen molar-refractivity contribution < 1.29 is 19.8 Å². The molecule has 0 aromatic carbocycles. The highest BCUT2D eigenvalue weighted by molar-refractivity contribution is 5.84. The highest BCUT2D eigenvalue weighted by atomic mass is 16.4. The number of carboxylic acid groups (broad SMARTS) is 2. The summed E-state index contributed by atoms with van der Waals surface area (Å²) in [5.41, 5.74) is -2.12. The molecule has 2 atom stereocenters. The number of nitrogens with zero attached hydrogens (tertiary/aromatic N) is 1. The number of hydrogen-bond acceptors (Lipinski definition) is 3. The normalized spacial score (nSPS) is 38.5. The lowest BCUT2D eigenvalue weighted by Gasteiger charge is -2.35. The zero-order chi connectivity index (χ0) is 11.1. The molecule has 0 bridgehead atoms. The maximum absolute atomic E-state index is 11.0. The van der Waals surface area contributed by atoms with Crippen LogP contribution in [0.4, 0.5) is 0 Å². The zero-order valence-corrected chi connectivity index (χ0v) is 8.57. The van der Waals surface area contributed by atoms with Gasteiger partial charge in [-0.3, -0.25) is 14.5 Å². The molecular weight excluding hydrogens is 186 g/mol. The minimum Gasteiger partial charge on any atom is -0.480 e. The van der Waals surface area contributed by atoms with Crippen LogP contribution in [0.3, 0.4) is 0 Å². The van der Waals surface area contributed by atoms with Crippen LogP contribution in [0, 0.1) is 0 Å². The summed E-state index contributed by atoms with van der Waals surface area (Å²) in [4.78, 5) is 23.5. The quantitative estimate of drug-likeness (QED) is 0.676. The number of aliphatic carboxylic acids is 2. The van der Waals surface area contributed by atoms with E-state index >= 15 is 0 Å². The number of likely N-dealkylation sites (tertiary alicyclic amines) is 1. The van der Waals surface area contributed by atoms with Crippen LogP contribution < -0.4 is 0 Å². The highest BCUT2D eigenvalue weighted by Gasteiger charge is 2.55. The number of rotatable bonds is 2. The molecule has 0 saturated carbocycles. The maximum Gasteiger partial charge on any atom is 0.323 e. The predicted octanol–water partition coefficient (Wildman–Crippen LogP) is 0.399.